The predicted octanol–water partition coefficient (Wildman–Crippen LogP) is 3.03. The van der Waals surface area contributed by atoms with Crippen LogP contribution in [-0.2, 0) is 13.0 Å². The van der Waals surface area contributed by atoms with Gasteiger partial charge in [0, 0.05) is 6.54 Å². The molecular formula is C17H19NO2. The zero-order valence-corrected chi connectivity index (χ0v) is 11.9. The number of aryl methyl sites for hydroxylation is 1. The molecule has 1 heterocycles. The van der Waals surface area contributed by atoms with Crippen molar-refractivity contribution in [2.75, 3.05) is 13.8 Å². The summed E-state index contributed by atoms with van der Waals surface area (Å²) < 4.78 is 10.9. The minimum atomic E-state index is 0.329. The molecule has 2 aromatic rings. The summed E-state index contributed by atoms with van der Waals surface area (Å²) in [6, 6.07) is 12.8. The summed E-state index contributed by atoms with van der Waals surface area (Å²) in [5.41, 5.74) is 5.16. The van der Waals surface area contributed by atoms with Gasteiger partial charge in [-0.05, 0) is 54.8 Å². The first-order valence-corrected chi connectivity index (χ1v) is 6.88. The van der Waals surface area contributed by atoms with Crippen molar-refractivity contribution in [2.45, 2.75) is 19.9 Å². The lowest BCUT2D eigenvalue weighted by molar-refractivity contribution is 0.174. The van der Waals surface area contributed by atoms with E-state index < -0.39 is 0 Å². The Kier molecular flexibility index (Phi) is 3.61. The van der Waals surface area contributed by atoms with E-state index >= 15 is 0 Å². The zero-order chi connectivity index (χ0) is 13.9. The van der Waals surface area contributed by atoms with Crippen molar-refractivity contribution in [3.63, 3.8) is 0 Å². The van der Waals surface area contributed by atoms with Crippen LogP contribution in [0.3, 0.4) is 0 Å². The van der Waals surface area contributed by atoms with E-state index in [0.29, 0.717) is 6.79 Å². The molecular weight excluding hydrogens is 250 g/mol. The SMILES string of the molecule is CNCc1cccc(Cc2cc3c(cc2C)OCO3)c1. The van der Waals surface area contributed by atoms with Crippen molar-refractivity contribution in [3.05, 3.63) is 58.7 Å². The molecule has 0 bridgehead atoms. The van der Waals surface area contributed by atoms with E-state index in [1.807, 2.05) is 7.05 Å². The van der Waals surface area contributed by atoms with Gasteiger partial charge in [0.25, 0.3) is 0 Å². The lowest BCUT2D eigenvalue weighted by atomic mass is 9.98. The highest BCUT2D eigenvalue weighted by molar-refractivity contribution is 5.49. The fourth-order valence-electron chi connectivity index (χ4n) is 2.55. The number of ether oxygens (including phenoxy) is 2. The van der Waals surface area contributed by atoms with Crippen LogP contribution in [0.15, 0.2) is 36.4 Å². The monoisotopic (exact) mass is 269 g/mol. The Morgan fingerprint density at radius 2 is 1.80 bits per heavy atom. The van der Waals surface area contributed by atoms with Gasteiger partial charge in [-0.25, -0.2) is 0 Å². The minimum Gasteiger partial charge on any atom is -0.454 e. The Balaban J connectivity index is 1.86. The molecule has 1 aliphatic heterocycles. The second kappa shape index (κ2) is 5.55. The summed E-state index contributed by atoms with van der Waals surface area (Å²) in [7, 11) is 1.97. The Bertz CT molecular complexity index is 622. The highest BCUT2D eigenvalue weighted by Crippen LogP contribution is 2.35. The molecule has 0 spiro atoms. The van der Waals surface area contributed by atoms with E-state index in [1.54, 1.807) is 0 Å². The van der Waals surface area contributed by atoms with Gasteiger partial charge >= 0.3 is 0 Å². The van der Waals surface area contributed by atoms with Gasteiger partial charge in [-0.3, -0.25) is 0 Å². The highest BCUT2D eigenvalue weighted by Gasteiger charge is 2.15. The lowest BCUT2D eigenvalue weighted by Gasteiger charge is -2.09. The molecule has 3 rings (SSSR count). The molecule has 104 valence electrons. The van der Waals surface area contributed by atoms with E-state index in [9.17, 15) is 0 Å². The van der Waals surface area contributed by atoms with E-state index in [-0.39, 0.29) is 0 Å². The Labute approximate surface area is 119 Å². The van der Waals surface area contributed by atoms with Crippen LogP contribution in [0.4, 0.5) is 0 Å². The van der Waals surface area contributed by atoms with Gasteiger partial charge in [-0.15, -0.1) is 0 Å². The normalized spacial score (nSPS) is 12.7. The third-order valence-electron chi connectivity index (χ3n) is 3.60. The van der Waals surface area contributed by atoms with Crippen molar-refractivity contribution >= 4 is 0 Å². The van der Waals surface area contributed by atoms with Gasteiger partial charge in [0.2, 0.25) is 6.79 Å². The van der Waals surface area contributed by atoms with Crippen LogP contribution in [0.1, 0.15) is 22.3 Å². The predicted molar refractivity (Wildman–Crippen MR) is 79.3 cm³/mol. The number of nitrogens with one attached hydrogen (secondary N) is 1. The van der Waals surface area contributed by atoms with E-state index in [0.717, 1.165) is 24.5 Å². The molecule has 0 aromatic heterocycles. The third-order valence-corrected chi connectivity index (χ3v) is 3.60. The Morgan fingerprint density at radius 3 is 2.60 bits per heavy atom. The highest BCUT2D eigenvalue weighted by atomic mass is 16.7. The second-order valence-electron chi connectivity index (χ2n) is 5.16. The van der Waals surface area contributed by atoms with Crippen molar-refractivity contribution in [2.24, 2.45) is 0 Å². The van der Waals surface area contributed by atoms with E-state index in [4.69, 9.17) is 9.47 Å². The first-order valence-electron chi connectivity index (χ1n) is 6.88. The van der Waals surface area contributed by atoms with Crippen LogP contribution in [-0.4, -0.2) is 13.8 Å². The fraction of sp³-hybridized carbons (Fsp3) is 0.294. The minimum absolute atomic E-state index is 0.329. The van der Waals surface area contributed by atoms with Gasteiger partial charge in [0.05, 0.1) is 0 Å². The smallest absolute Gasteiger partial charge is 0.231 e. The molecule has 0 saturated carbocycles. The number of rotatable bonds is 4. The molecule has 3 nitrogen and oxygen atoms in total. The van der Waals surface area contributed by atoms with Crippen molar-refractivity contribution in [3.8, 4) is 11.5 Å². The van der Waals surface area contributed by atoms with E-state index in [2.05, 4.69) is 48.6 Å². The van der Waals surface area contributed by atoms with Crippen molar-refractivity contribution < 1.29 is 9.47 Å². The van der Waals surface area contributed by atoms with Crippen LogP contribution in [0.5, 0.6) is 11.5 Å². The van der Waals surface area contributed by atoms with Crippen molar-refractivity contribution in [1.29, 1.82) is 0 Å². The van der Waals surface area contributed by atoms with Gasteiger partial charge in [-0.2, -0.15) is 0 Å². The topological polar surface area (TPSA) is 30.5 Å². The molecule has 0 saturated heterocycles. The maximum atomic E-state index is 5.46. The summed E-state index contributed by atoms with van der Waals surface area (Å²) >= 11 is 0. The van der Waals surface area contributed by atoms with Crippen LogP contribution in [0.25, 0.3) is 0 Å². The van der Waals surface area contributed by atoms with Crippen LogP contribution < -0.4 is 14.8 Å². The van der Waals surface area contributed by atoms with Gasteiger partial charge < -0.3 is 14.8 Å². The van der Waals surface area contributed by atoms with Crippen LogP contribution in [0, 0.1) is 6.92 Å². The maximum absolute atomic E-state index is 5.46. The van der Waals surface area contributed by atoms with Crippen LogP contribution >= 0.6 is 0 Å². The Hall–Kier alpha value is -2.00. The first kappa shape index (κ1) is 13.0. The summed E-state index contributed by atoms with van der Waals surface area (Å²) in [6.45, 7) is 3.35. The molecule has 3 heteroatoms. The molecule has 0 fully saturated rings. The number of hydrogen-bond donors (Lipinski definition) is 1. The van der Waals surface area contributed by atoms with Crippen LogP contribution in [0.2, 0.25) is 0 Å². The average Bonchev–Trinajstić information content (AvgIpc) is 2.87. The zero-order valence-electron chi connectivity index (χ0n) is 11.9. The molecule has 1 N–H and O–H groups in total. The summed E-state index contributed by atoms with van der Waals surface area (Å²) in [4.78, 5) is 0. The summed E-state index contributed by atoms with van der Waals surface area (Å²) in [6.07, 6.45) is 0.917. The number of benzene rings is 2. The molecule has 0 radical (unpaired) electrons. The fourth-order valence-corrected chi connectivity index (χ4v) is 2.55. The maximum Gasteiger partial charge on any atom is 0.231 e. The number of fused-ring (bicyclic) bond motifs is 1. The molecule has 0 unspecified atom stereocenters. The average molecular weight is 269 g/mol. The first-order chi connectivity index (χ1) is 9.76. The molecule has 1 aliphatic rings. The molecule has 2 aromatic carbocycles. The lowest BCUT2D eigenvalue weighted by Crippen LogP contribution is -2.05. The number of hydrogen-bond acceptors (Lipinski definition) is 3. The van der Waals surface area contributed by atoms with Crippen molar-refractivity contribution in [1.82, 2.24) is 5.32 Å². The molecule has 0 atom stereocenters. The third kappa shape index (κ3) is 2.63. The van der Waals surface area contributed by atoms with Gasteiger partial charge in [-0.1, -0.05) is 24.3 Å². The molecule has 20 heavy (non-hydrogen) atoms. The summed E-state index contributed by atoms with van der Waals surface area (Å²) in [5.74, 6) is 1.71. The second-order valence-corrected chi connectivity index (χ2v) is 5.16. The Morgan fingerprint density at radius 1 is 1.05 bits per heavy atom. The van der Waals surface area contributed by atoms with E-state index in [1.165, 1.54) is 22.3 Å². The molecule has 0 aliphatic carbocycles. The largest absolute Gasteiger partial charge is 0.454 e. The van der Waals surface area contributed by atoms with Gasteiger partial charge in [0.15, 0.2) is 11.5 Å². The van der Waals surface area contributed by atoms with Gasteiger partial charge in [0.1, 0.15) is 0 Å². The molecule has 0 amide bonds. The standard InChI is InChI=1S/C17H19NO2/c1-12-6-16-17(20-11-19-16)9-15(12)8-13-4-3-5-14(7-13)10-18-2/h3-7,9,18H,8,10-11H2,1-2H3. The quantitative estimate of drug-likeness (QED) is 0.925. The summed E-state index contributed by atoms with van der Waals surface area (Å²) in [5, 5.41) is 3.18.